The fourth-order valence-corrected chi connectivity index (χ4v) is 4.10. The molecule has 1 saturated heterocycles. The summed E-state index contributed by atoms with van der Waals surface area (Å²) in [7, 11) is 0. The lowest BCUT2D eigenvalue weighted by Gasteiger charge is -2.25. The summed E-state index contributed by atoms with van der Waals surface area (Å²) in [5.41, 5.74) is 10.5. The zero-order chi connectivity index (χ0) is 20.0. The van der Waals surface area contributed by atoms with Gasteiger partial charge in [0.1, 0.15) is 5.71 Å². The van der Waals surface area contributed by atoms with E-state index in [1.165, 1.54) is 4.90 Å². The van der Waals surface area contributed by atoms with E-state index < -0.39 is 23.5 Å². The van der Waals surface area contributed by atoms with Crippen LogP contribution in [0, 0.1) is 11.3 Å². The third kappa shape index (κ3) is 6.20. The number of amides is 1. The highest BCUT2D eigenvalue weighted by molar-refractivity contribution is 7.99. The highest BCUT2D eigenvalue weighted by Gasteiger charge is 2.33. The van der Waals surface area contributed by atoms with Gasteiger partial charge in [0, 0.05) is 18.8 Å². The molecule has 0 aliphatic carbocycles. The molecule has 0 saturated carbocycles. The molecule has 1 fully saturated rings. The largest absolute Gasteiger partial charge is 0.432 e. The van der Waals surface area contributed by atoms with E-state index in [0.29, 0.717) is 29.8 Å². The van der Waals surface area contributed by atoms with Crippen molar-refractivity contribution < 1.29 is 18.0 Å². The second-order valence-corrected chi connectivity index (χ2v) is 7.60. The van der Waals surface area contributed by atoms with E-state index in [0.717, 1.165) is 24.3 Å². The molecule has 1 aromatic carbocycles. The molecule has 1 aliphatic rings. The van der Waals surface area contributed by atoms with Crippen LogP contribution >= 0.6 is 11.8 Å². The van der Waals surface area contributed by atoms with Gasteiger partial charge in [-0.2, -0.15) is 24.9 Å². The van der Waals surface area contributed by atoms with Gasteiger partial charge in [0.05, 0.1) is 5.70 Å². The summed E-state index contributed by atoms with van der Waals surface area (Å²) >= 11 is 1.85. The molecule has 148 valence electrons. The molecule has 1 amide bonds. The molecule has 1 atom stereocenters. The third-order valence-corrected chi connectivity index (χ3v) is 5.62. The first kappa shape index (κ1) is 21.1. The number of nitrogens with two attached hydrogens (primary N) is 2. The number of carbonyl (C=O) groups is 1. The molecule has 0 aromatic heterocycles. The molecular formula is C18H23F3N4OS. The summed E-state index contributed by atoms with van der Waals surface area (Å²) in [4.78, 5) is 14.1. The van der Waals surface area contributed by atoms with Gasteiger partial charge >= 0.3 is 6.18 Å². The Balaban J connectivity index is 2.16. The van der Waals surface area contributed by atoms with Gasteiger partial charge in [-0.05, 0) is 48.0 Å². The minimum Gasteiger partial charge on any atom is -0.398 e. The SMILES string of the molecule is N=C(/C=C(\N)C(=O)N(CCC1CCSC1)Cc1ccccc1N)C(F)(F)F. The number of alkyl halides is 3. The summed E-state index contributed by atoms with van der Waals surface area (Å²) < 4.78 is 37.7. The number of benzene rings is 1. The van der Waals surface area contributed by atoms with Gasteiger partial charge in [0.25, 0.3) is 5.91 Å². The van der Waals surface area contributed by atoms with Gasteiger partial charge in [-0.15, -0.1) is 0 Å². The second-order valence-electron chi connectivity index (χ2n) is 6.45. The molecule has 27 heavy (non-hydrogen) atoms. The van der Waals surface area contributed by atoms with Crippen molar-refractivity contribution in [3.05, 3.63) is 41.6 Å². The second kappa shape index (κ2) is 9.16. The molecule has 1 unspecified atom stereocenters. The van der Waals surface area contributed by atoms with Crippen LogP contribution in [0.25, 0.3) is 0 Å². The lowest BCUT2D eigenvalue weighted by atomic mass is 10.0. The number of nitrogens with zero attached hydrogens (tertiary/aromatic N) is 1. The van der Waals surface area contributed by atoms with Gasteiger partial charge < -0.3 is 16.4 Å². The van der Waals surface area contributed by atoms with Gasteiger partial charge in [0.2, 0.25) is 0 Å². The number of thioether (sulfide) groups is 1. The Morgan fingerprint density at radius 1 is 1.37 bits per heavy atom. The van der Waals surface area contributed by atoms with E-state index in [4.69, 9.17) is 16.9 Å². The minimum absolute atomic E-state index is 0.152. The van der Waals surface area contributed by atoms with E-state index in [1.54, 1.807) is 24.3 Å². The Hall–Kier alpha value is -2.16. The lowest BCUT2D eigenvalue weighted by Crippen LogP contribution is -2.36. The Morgan fingerprint density at radius 3 is 2.67 bits per heavy atom. The van der Waals surface area contributed by atoms with Crippen LogP contribution in [0.3, 0.4) is 0 Å². The Kier molecular flexibility index (Phi) is 7.18. The van der Waals surface area contributed by atoms with E-state index in [1.807, 2.05) is 11.8 Å². The van der Waals surface area contributed by atoms with E-state index in [9.17, 15) is 18.0 Å². The summed E-state index contributed by atoms with van der Waals surface area (Å²) in [6.45, 7) is 0.519. The number of hydrogen-bond acceptors (Lipinski definition) is 5. The Bertz CT molecular complexity index is 715. The zero-order valence-electron chi connectivity index (χ0n) is 14.8. The fraction of sp³-hybridized carbons (Fsp3) is 0.444. The van der Waals surface area contributed by atoms with Crippen molar-refractivity contribution in [3.8, 4) is 0 Å². The molecule has 0 spiro atoms. The summed E-state index contributed by atoms with van der Waals surface area (Å²) in [6, 6.07) is 7.00. The van der Waals surface area contributed by atoms with Crippen LogP contribution in [0.15, 0.2) is 36.0 Å². The molecule has 2 rings (SSSR count). The fourth-order valence-electron chi connectivity index (χ4n) is 2.77. The number of para-hydroxylation sites is 1. The highest BCUT2D eigenvalue weighted by atomic mass is 32.2. The zero-order valence-corrected chi connectivity index (χ0v) is 15.6. The van der Waals surface area contributed by atoms with E-state index in [-0.39, 0.29) is 6.54 Å². The number of carbonyl (C=O) groups excluding carboxylic acids is 1. The van der Waals surface area contributed by atoms with Crippen LogP contribution in [0.2, 0.25) is 0 Å². The molecular weight excluding hydrogens is 377 g/mol. The Labute approximate surface area is 160 Å². The monoisotopic (exact) mass is 400 g/mol. The van der Waals surface area contributed by atoms with Crippen molar-refractivity contribution in [1.29, 1.82) is 5.41 Å². The summed E-state index contributed by atoms with van der Waals surface area (Å²) in [5.74, 6) is 1.84. The molecule has 0 bridgehead atoms. The Morgan fingerprint density at radius 2 is 2.07 bits per heavy atom. The van der Waals surface area contributed by atoms with Crippen LogP contribution < -0.4 is 11.5 Å². The van der Waals surface area contributed by atoms with Crippen molar-refractivity contribution in [2.24, 2.45) is 11.7 Å². The van der Waals surface area contributed by atoms with Crippen molar-refractivity contribution in [2.45, 2.75) is 25.6 Å². The number of nitrogen functional groups attached to an aromatic ring is 1. The molecule has 5 nitrogen and oxygen atoms in total. The first-order chi connectivity index (χ1) is 12.7. The van der Waals surface area contributed by atoms with Crippen molar-refractivity contribution in [1.82, 2.24) is 4.90 Å². The third-order valence-electron chi connectivity index (χ3n) is 4.39. The predicted molar refractivity (Wildman–Crippen MR) is 102 cm³/mol. The van der Waals surface area contributed by atoms with Gasteiger partial charge in [-0.1, -0.05) is 18.2 Å². The van der Waals surface area contributed by atoms with Crippen LogP contribution in [-0.2, 0) is 11.3 Å². The van der Waals surface area contributed by atoms with Crippen molar-refractivity contribution in [2.75, 3.05) is 23.8 Å². The minimum atomic E-state index is -4.85. The highest BCUT2D eigenvalue weighted by Crippen LogP contribution is 2.27. The predicted octanol–water partition coefficient (Wildman–Crippen LogP) is 3.17. The average Bonchev–Trinajstić information content (AvgIpc) is 3.12. The number of anilines is 1. The first-order valence-corrected chi connectivity index (χ1v) is 9.67. The maximum atomic E-state index is 12.6. The normalized spacial score (nSPS) is 17.7. The average molecular weight is 400 g/mol. The molecule has 0 radical (unpaired) electrons. The summed E-state index contributed by atoms with van der Waals surface area (Å²) in [6.07, 6.45) is -2.67. The standard InChI is InChI=1S/C18H23F3N4OS/c19-18(20,21)16(24)9-15(23)17(26)25(7-5-12-6-8-27-11-12)10-13-3-1-2-4-14(13)22/h1-4,9,12,24H,5-8,10-11,22-23H2/b15-9-,24-16?. The number of halogens is 3. The first-order valence-electron chi connectivity index (χ1n) is 8.51. The number of nitrogens with one attached hydrogen (secondary N) is 1. The maximum absolute atomic E-state index is 12.6. The molecule has 1 heterocycles. The number of allylic oxidation sites excluding steroid dienone is 1. The lowest BCUT2D eigenvalue weighted by molar-refractivity contribution is -0.128. The smallest absolute Gasteiger partial charge is 0.398 e. The van der Waals surface area contributed by atoms with Crippen molar-refractivity contribution in [3.63, 3.8) is 0 Å². The van der Waals surface area contributed by atoms with E-state index in [2.05, 4.69) is 0 Å². The van der Waals surface area contributed by atoms with Crippen LogP contribution in [0.4, 0.5) is 18.9 Å². The van der Waals surface area contributed by atoms with Crippen molar-refractivity contribution >= 4 is 29.1 Å². The molecule has 5 N–H and O–H groups in total. The maximum Gasteiger partial charge on any atom is 0.432 e. The van der Waals surface area contributed by atoms with Gasteiger partial charge in [-0.3, -0.25) is 10.2 Å². The molecule has 9 heteroatoms. The van der Waals surface area contributed by atoms with Crippen LogP contribution in [0.5, 0.6) is 0 Å². The van der Waals surface area contributed by atoms with Gasteiger partial charge in [0.15, 0.2) is 0 Å². The molecule has 1 aromatic rings. The number of hydrogen-bond donors (Lipinski definition) is 3. The summed E-state index contributed by atoms with van der Waals surface area (Å²) in [5, 5.41) is 7.02. The topological polar surface area (TPSA) is 96.2 Å². The number of rotatable bonds is 7. The van der Waals surface area contributed by atoms with Crippen LogP contribution in [0.1, 0.15) is 18.4 Å². The van der Waals surface area contributed by atoms with Crippen LogP contribution in [-0.4, -0.2) is 40.7 Å². The molecule has 1 aliphatic heterocycles. The quantitative estimate of drug-likeness (QED) is 0.372. The van der Waals surface area contributed by atoms with E-state index >= 15 is 0 Å². The van der Waals surface area contributed by atoms with Gasteiger partial charge in [-0.25, -0.2) is 0 Å².